The lowest BCUT2D eigenvalue weighted by atomic mass is 9.93. The summed E-state index contributed by atoms with van der Waals surface area (Å²) in [5.74, 6) is -0.549. The van der Waals surface area contributed by atoms with Gasteiger partial charge in [0.1, 0.15) is 5.92 Å². The van der Waals surface area contributed by atoms with Crippen LogP contribution in [-0.4, -0.2) is 43.7 Å². The van der Waals surface area contributed by atoms with Crippen LogP contribution in [0.5, 0.6) is 0 Å². The molecule has 30 heavy (non-hydrogen) atoms. The number of rotatable bonds is 6. The predicted molar refractivity (Wildman–Crippen MR) is 139 cm³/mol. The Morgan fingerprint density at radius 3 is 1.80 bits per heavy atom. The van der Waals surface area contributed by atoms with Crippen molar-refractivity contribution >= 4 is 36.6 Å². The van der Waals surface area contributed by atoms with E-state index in [9.17, 15) is 4.79 Å². The first-order valence-corrected chi connectivity index (χ1v) is 25.6. The third-order valence-corrected chi connectivity index (χ3v) is 48.7. The maximum atomic E-state index is 13.4. The van der Waals surface area contributed by atoms with E-state index in [-0.39, 0.29) is 5.97 Å². The first-order valence-electron chi connectivity index (χ1n) is 11.1. The number of carbonyl (C=O) groups is 1. The molecule has 0 amide bonds. The van der Waals surface area contributed by atoms with Gasteiger partial charge in [0.15, 0.2) is 8.32 Å². The summed E-state index contributed by atoms with van der Waals surface area (Å²) in [5.41, 5.74) is 1.64. The summed E-state index contributed by atoms with van der Waals surface area (Å²) in [4.78, 5) is 13.4. The molecule has 3 nitrogen and oxygen atoms in total. The number of hydrogen-bond donors (Lipinski definition) is 0. The van der Waals surface area contributed by atoms with Crippen molar-refractivity contribution in [3.05, 3.63) is 48.0 Å². The molecule has 0 aliphatic carbocycles. The van der Waals surface area contributed by atoms with Gasteiger partial charge in [-0.15, -0.1) is 0 Å². The van der Waals surface area contributed by atoms with Gasteiger partial charge >= 0.3 is 5.97 Å². The van der Waals surface area contributed by atoms with Crippen LogP contribution < -0.4 is 0 Å². The molecule has 1 aliphatic heterocycles. The van der Waals surface area contributed by atoms with E-state index < -0.39 is 41.8 Å². The third-order valence-electron chi connectivity index (χ3n) is 6.79. The monoisotopic (exact) mass is 478 g/mol. The molecule has 0 bridgehead atoms. The van der Waals surface area contributed by atoms with E-state index >= 15 is 0 Å². The van der Waals surface area contributed by atoms with E-state index in [0.717, 1.165) is 0 Å². The Hall–Kier alpha value is -0.742. The molecule has 3 atom stereocenters. The van der Waals surface area contributed by atoms with Crippen molar-refractivity contribution in [3.8, 4) is 0 Å². The molecule has 0 fully saturated rings. The lowest BCUT2D eigenvalue weighted by molar-refractivity contribution is -0.148. The highest BCUT2D eigenvalue weighted by Crippen LogP contribution is 2.59. The molecule has 0 N–H and O–H groups in total. The standard InChI is InChI=1S/C23H42O3Si4/c1-19-17-18-21(22(24)25-2)23(26-27(3,4)5,20-15-13-12-14-16-20)30(19,28(6,7)8)29(9,10)11/h12-19,21H,1-11H3/t19-,21-,23-/m0/s1. The number of hydrogen-bond acceptors (Lipinski definition) is 3. The average Bonchev–Trinajstić information content (AvgIpc) is 2.58. The van der Waals surface area contributed by atoms with Crippen LogP contribution in [0.15, 0.2) is 42.5 Å². The van der Waals surface area contributed by atoms with Crippen molar-refractivity contribution in [3.63, 3.8) is 0 Å². The van der Waals surface area contributed by atoms with Gasteiger partial charge in [-0.2, -0.15) is 0 Å². The van der Waals surface area contributed by atoms with Gasteiger partial charge in [0.2, 0.25) is 0 Å². The van der Waals surface area contributed by atoms with Crippen molar-refractivity contribution in [1.82, 2.24) is 0 Å². The van der Waals surface area contributed by atoms with Crippen LogP contribution in [0, 0.1) is 5.92 Å². The zero-order chi connectivity index (χ0) is 23.2. The number of ether oxygens (including phenoxy) is 1. The number of esters is 1. The third kappa shape index (κ3) is 3.92. The Balaban J connectivity index is 3.17. The van der Waals surface area contributed by atoms with Crippen molar-refractivity contribution in [2.45, 2.75) is 76.6 Å². The van der Waals surface area contributed by atoms with E-state index in [4.69, 9.17) is 9.16 Å². The van der Waals surface area contributed by atoms with Crippen molar-refractivity contribution < 1.29 is 14.0 Å². The Morgan fingerprint density at radius 2 is 1.40 bits per heavy atom. The van der Waals surface area contributed by atoms with Gasteiger partial charge in [0, 0.05) is 15.2 Å². The molecule has 0 spiro atoms. The maximum absolute atomic E-state index is 13.4. The van der Waals surface area contributed by atoms with E-state index in [0.29, 0.717) is 5.54 Å². The first kappa shape index (κ1) is 25.5. The Morgan fingerprint density at radius 1 is 0.900 bits per heavy atom. The predicted octanol–water partition coefficient (Wildman–Crippen LogP) is 6.30. The molecule has 7 heteroatoms. The van der Waals surface area contributed by atoms with Crippen molar-refractivity contribution in [1.29, 1.82) is 0 Å². The summed E-state index contributed by atoms with van der Waals surface area (Å²) < 4.78 is 12.9. The summed E-state index contributed by atoms with van der Waals surface area (Å²) in [5, 5.41) is -0.588. The second-order valence-corrected chi connectivity index (χ2v) is 43.7. The van der Waals surface area contributed by atoms with Crippen molar-refractivity contribution in [2.75, 3.05) is 7.11 Å². The molecule has 1 heterocycles. The fourth-order valence-corrected chi connectivity index (χ4v) is 64.5. The minimum Gasteiger partial charge on any atom is -0.468 e. The van der Waals surface area contributed by atoms with Crippen LogP contribution in [0.4, 0.5) is 0 Å². The minimum atomic E-state index is -2.26. The lowest BCUT2D eigenvalue weighted by Crippen LogP contribution is -2.86. The Kier molecular flexibility index (Phi) is 7.07. The molecule has 0 saturated carbocycles. The molecule has 1 aromatic rings. The minimum absolute atomic E-state index is 0.159. The Bertz CT molecular complexity index is 773. The zero-order valence-corrected chi connectivity index (χ0v) is 24.9. The second-order valence-electron chi connectivity index (χ2n) is 11.8. The summed E-state index contributed by atoms with van der Waals surface area (Å²) in [7, 11) is -6.35. The van der Waals surface area contributed by atoms with Gasteiger partial charge in [-0.1, -0.05) is 88.7 Å². The molecule has 0 radical (unpaired) electrons. The highest BCUT2D eigenvalue weighted by Gasteiger charge is 2.74. The molecule has 1 aliphatic rings. The average molecular weight is 479 g/mol. The van der Waals surface area contributed by atoms with Crippen LogP contribution >= 0.6 is 0 Å². The zero-order valence-electron chi connectivity index (χ0n) is 20.9. The molecule has 0 saturated heterocycles. The summed E-state index contributed by atoms with van der Waals surface area (Å²) >= 11 is 0. The molecule has 168 valence electrons. The number of benzene rings is 1. The van der Waals surface area contributed by atoms with E-state index in [1.807, 2.05) is 0 Å². The van der Waals surface area contributed by atoms with Gasteiger partial charge in [-0.05, 0) is 30.7 Å². The van der Waals surface area contributed by atoms with Crippen LogP contribution in [0.1, 0.15) is 12.5 Å². The van der Waals surface area contributed by atoms with Crippen LogP contribution in [0.3, 0.4) is 0 Å². The smallest absolute Gasteiger partial charge is 0.315 e. The normalized spacial score (nSPS) is 27.0. The SMILES string of the molecule is COC(=O)[C@@H]1C=C[C@H](C)[Si]([Si](C)(C)C)([Si](C)(C)C)[C@@]1(O[Si](C)(C)C)c1ccccc1. The van der Waals surface area contributed by atoms with E-state index in [2.05, 4.69) is 108 Å². The fourth-order valence-electron chi connectivity index (χ4n) is 6.90. The summed E-state index contributed by atoms with van der Waals surface area (Å²) in [6.07, 6.45) is 4.47. The largest absolute Gasteiger partial charge is 0.468 e. The van der Waals surface area contributed by atoms with Crippen LogP contribution in [-0.2, 0) is 19.2 Å². The van der Waals surface area contributed by atoms with E-state index in [1.54, 1.807) is 0 Å². The van der Waals surface area contributed by atoms with Gasteiger partial charge in [0.25, 0.3) is 0 Å². The highest BCUT2D eigenvalue weighted by atomic mass is 29.6. The number of methoxy groups -OCH3 is 1. The fraction of sp³-hybridized carbons (Fsp3) is 0.609. The molecular weight excluding hydrogens is 437 g/mol. The number of carbonyl (C=O) groups excluding carboxylic acids is 1. The first-order chi connectivity index (χ1) is 13.6. The molecular formula is C23H42O3Si4. The van der Waals surface area contributed by atoms with Crippen LogP contribution in [0.25, 0.3) is 0 Å². The van der Waals surface area contributed by atoms with Gasteiger partial charge < -0.3 is 9.16 Å². The van der Waals surface area contributed by atoms with Gasteiger partial charge in [-0.25, -0.2) is 0 Å². The molecule has 2 rings (SSSR count). The van der Waals surface area contributed by atoms with Gasteiger partial charge in [0.05, 0.1) is 19.4 Å². The Labute approximate surface area is 188 Å². The maximum Gasteiger partial charge on any atom is 0.315 e. The molecule has 0 unspecified atom stereocenters. The van der Waals surface area contributed by atoms with Gasteiger partial charge in [-0.3, -0.25) is 4.79 Å². The second kappa shape index (κ2) is 8.31. The number of allylic oxidation sites excluding steroid dienone is 1. The quantitative estimate of drug-likeness (QED) is 0.273. The topological polar surface area (TPSA) is 35.5 Å². The molecule has 0 aromatic heterocycles. The highest BCUT2D eigenvalue weighted by molar-refractivity contribution is 7.70. The summed E-state index contributed by atoms with van der Waals surface area (Å²) in [6.45, 7) is 24.4. The van der Waals surface area contributed by atoms with Crippen LogP contribution in [0.2, 0.25) is 64.5 Å². The van der Waals surface area contributed by atoms with Crippen molar-refractivity contribution in [2.24, 2.45) is 5.92 Å². The van der Waals surface area contributed by atoms with E-state index in [1.165, 1.54) is 12.7 Å². The molecule has 1 aromatic carbocycles. The lowest BCUT2D eigenvalue weighted by Gasteiger charge is -2.67. The summed E-state index contributed by atoms with van der Waals surface area (Å²) in [6, 6.07) is 10.7.